The number of sulfonamides is 1. The Labute approximate surface area is 91.0 Å². The van der Waals surface area contributed by atoms with Crippen LogP contribution in [0.5, 0.6) is 0 Å². The van der Waals surface area contributed by atoms with Crippen molar-refractivity contribution in [2.75, 3.05) is 12.3 Å². The Morgan fingerprint density at radius 1 is 1.33 bits per heavy atom. The maximum atomic E-state index is 11.6. The Morgan fingerprint density at radius 3 is 2.53 bits per heavy atom. The van der Waals surface area contributed by atoms with E-state index in [0.29, 0.717) is 13.1 Å². The van der Waals surface area contributed by atoms with Crippen molar-refractivity contribution in [2.45, 2.75) is 20.4 Å². The van der Waals surface area contributed by atoms with Crippen molar-refractivity contribution in [3.8, 4) is 0 Å². The maximum absolute atomic E-state index is 11.6. The molecule has 1 rings (SSSR count). The zero-order valence-corrected chi connectivity index (χ0v) is 9.87. The summed E-state index contributed by atoms with van der Waals surface area (Å²) in [5.41, 5.74) is 0.774. The Kier molecular flexibility index (Phi) is 4.23. The average Bonchev–Trinajstić information content (AvgIpc) is 2.27. The van der Waals surface area contributed by atoms with Crippen LogP contribution >= 0.6 is 0 Å². The van der Waals surface area contributed by atoms with Crippen molar-refractivity contribution in [3.05, 3.63) is 30.1 Å². The highest BCUT2D eigenvalue weighted by Gasteiger charge is 2.18. The third-order valence-electron chi connectivity index (χ3n) is 2.18. The lowest BCUT2D eigenvalue weighted by atomic mass is 10.3. The van der Waals surface area contributed by atoms with E-state index in [-0.39, 0.29) is 5.75 Å². The van der Waals surface area contributed by atoms with E-state index in [1.165, 1.54) is 4.31 Å². The van der Waals surface area contributed by atoms with E-state index in [9.17, 15) is 8.42 Å². The highest BCUT2D eigenvalue weighted by Crippen LogP contribution is 2.06. The minimum atomic E-state index is -3.12. The smallest absolute Gasteiger partial charge is 0.214 e. The molecule has 0 aliphatic rings. The molecule has 0 saturated carbocycles. The Morgan fingerprint density at radius 2 is 2.07 bits per heavy atom. The molecular formula is C10H16N2O2S. The fourth-order valence-electron chi connectivity index (χ4n) is 1.26. The summed E-state index contributed by atoms with van der Waals surface area (Å²) < 4.78 is 24.7. The predicted molar refractivity (Wildman–Crippen MR) is 59.8 cm³/mol. The second kappa shape index (κ2) is 5.23. The van der Waals surface area contributed by atoms with Gasteiger partial charge < -0.3 is 0 Å². The fraction of sp³-hybridized carbons (Fsp3) is 0.500. The number of rotatable bonds is 5. The molecule has 1 aromatic heterocycles. The maximum Gasteiger partial charge on any atom is 0.214 e. The molecule has 0 aromatic carbocycles. The molecule has 0 spiro atoms. The third kappa shape index (κ3) is 3.28. The van der Waals surface area contributed by atoms with E-state index in [2.05, 4.69) is 4.98 Å². The van der Waals surface area contributed by atoms with Crippen LogP contribution in [-0.4, -0.2) is 30.0 Å². The quantitative estimate of drug-likeness (QED) is 0.762. The molecule has 0 atom stereocenters. The number of aromatic nitrogens is 1. The van der Waals surface area contributed by atoms with E-state index in [4.69, 9.17) is 0 Å². The van der Waals surface area contributed by atoms with Gasteiger partial charge in [0, 0.05) is 12.7 Å². The first-order chi connectivity index (χ1) is 7.10. The third-order valence-corrected chi connectivity index (χ3v) is 4.08. The summed E-state index contributed by atoms with van der Waals surface area (Å²) in [5, 5.41) is 0. The van der Waals surface area contributed by atoms with Crippen LogP contribution in [0.3, 0.4) is 0 Å². The second-order valence-electron chi connectivity index (χ2n) is 3.15. The van der Waals surface area contributed by atoms with Crippen molar-refractivity contribution in [2.24, 2.45) is 0 Å². The molecule has 1 aromatic rings. The van der Waals surface area contributed by atoms with Crippen molar-refractivity contribution >= 4 is 10.0 Å². The van der Waals surface area contributed by atoms with Gasteiger partial charge in [0.2, 0.25) is 10.0 Å². The highest BCUT2D eigenvalue weighted by molar-refractivity contribution is 7.89. The molecule has 0 aliphatic heterocycles. The van der Waals surface area contributed by atoms with Crippen molar-refractivity contribution < 1.29 is 8.42 Å². The Hall–Kier alpha value is -0.940. The van der Waals surface area contributed by atoms with Gasteiger partial charge in [0.15, 0.2) is 0 Å². The molecule has 1 heterocycles. The predicted octanol–water partition coefficient (Wildman–Crippen LogP) is 1.25. The average molecular weight is 228 g/mol. The first-order valence-electron chi connectivity index (χ1n) is 4.98. The lowest BCUT2D eigenvalue weighted by molar-refractivity contribution is 0.420. The minimum Gasteiger partial charge on any atom is -0.260 e. The molecule has 4 nitrogen and oxygen atoms in total. The van der Waals surface area contributed by atoms with E-state index < -0.39 is 10.0 Å². The van der Waals surface area contributed by atoms with Gasteiger partial charge >= 0.3 is 0 Å². The van der Waals surface area contributed by atoms with Crippen LogP contribution in [0.25, 0.3) is 0 Å². The van der Waals surface area contributed by atoms with Crippen molar-refractivity contribution in [1.29, 1.82) is 0 Å². The monoisotopic (exact) mass is 228 g/mol. The molecule has 84 valence electrons. The lowest BCUT2D eigenvalue weighted by Crippen LogP contribution is -2.31. The summed E-state index contributed by atoms with van der Waals surface area (Å²) in [6.07, 6.45) is 1.67. The topological polar surface area (TPSA) is 50.3 Å². The summed E-state index contributed by atoms with van der Waals surface area (Å²) in [5.74, 6) is 0.133. The number of hydrogen-bond acceptors (Lipinski definition) is 3. The Balaban J connectivity index is 2.80. The van der Waals surface area contributed by atoms with Gasteiger partial charge in [-0.25, -0.2) is 8.42 Å². The number of pyridine rings is 1. The molecule has 0 unspecified atom stereocenters. The van der Waals surface area contributed by atoms with Gasteiger partial charge in [-0.1, -0.05) is 13.0 Å². The highest BCUT2D eigenvalue weighted by atomic mass is 32.2. The van der Waals surface area contributed by atoms with Gasteiger partial charge in [0.05, 0.1) is 18.0 Å². The van der Waals surface area contributed by atoms with Crippen LogP contribution in [0.4, 0.5) is 0 Å². The first-order valence-corrected chi connectivity index (χ1v) is 6.58. The molecule has 0 amide bonds. The summed E-state index contributed by atoms with van der Waals surface area (Å²) in [6.45, 7) is 4.31. The van der Waals surface area contributed by atoms with Gasteiger partial charge in [-0.3, -0.25) is 4.98 Å². The van der Waals surface area contributed by atoms with E-state index in [0.717, 1.165) is 5.69 Å². The molecule has 0 bridgehead atoms. The van der Waals surface area contributed by atoms with Crippen LogP contribution in [-0.2, 0) is 16.6 Å². The van der Waals surface area contributed by atoms with Gasteiger partial charge in [-0.05, 0) is 19.1 Å². The molecule has 0 radical (unpaired) electrons. The van der Waals surface area contributed by atoms with Crippen LogP contribution in [0.1, 0.15) is 19.5 Å². The summed E-state index contributed by atoms with van der Waals surface area (Å²) in [6, 6.07) is 5.50. The van der Waals surface area contributed by atoms with Crippen LogP contribution in [0, 0.1) is 0 Å². The normalized spacial score (nSPS) is 11.9. The lowest BCUT2D eigenvalue weighted by Gasteiger charge is -2.18. The number of nitrogens with zero attached hydrogens (tertiary/aromatic N) is 2. The summed E-state index contributed by atoms with van der Waals surface area (Å²) in [4.78, 5) is 4.11. The molecule has 0 saturated heterocycles. The van der Waals surface area contributed by atoms with Gasteiger partial charge in [-0.2, -0.15) is 4.31 Å². The minimum absolute atomic E-state index is 0.133. The Bertz CT molecular complexity index is 389. The standard InChI is InChI=1S/C10H16N2O2S/c1-3-12(15(13,14)4-2)9-10-7-5-6-8-11-10/h5-8H,3-4,9H2,1-2H3. The number of hydrogen-bond donors (Lipinski definition) is 0. The van der Waals surface area contributed by atoms with Crippen molar-refractivity contribution in [1.82, 2.24) is 9.29 Å². The van der Waals surface area contributed by atoms with E-state index >= 15 is 0 Å². The van der Waals surface area contributed by atoms with Crippen LogP contribution in [0.15, 0.2) is 24.4 Å². The molecular weight excluding hydrogens is 212 g/mol. The van der Waals surface area contributed by atoms with E-state index in [1.807, 2.05) is 25.1 Å². The van der Waals surface area contributed by atoms with Crippen LogP contribution < -0.4 is 0 Å². The molecule has 0 N–H and O–H groups in total. The SMILES string of the molecule is CCN(Cc1ccccn1)S(=O)(=O)CC. The van der Waals surface area contributed by atoms with Gasteiger partial charge in [0.25, 0.3) is 0 Å². The molecule has 15 heavy (non-hydrogen) atoms. The van der Waals surface area contributed by atoms with Crippen LogP contribution in [0.2, 0.25) is 0 Å². The zero-order chi connectivity index (χ0) is 11.3. The molecule has 0 aliphatic carbocycles. The zero-order valence-electron chi connectivity index (χ0n) is 9.05. The first kappa shape index (κ1) is 12.1. The molecule has 0 fully saturated rings. The summed E-state index contributed by atoms with van der Waals surface area (Å²) >= 11 is 0. The fourth-order valence-corrected chi connectivity index (χ4v) is 2.35. The van der Waals surface area contributed by atoms with Gasteiger partial charge in [0.1, 0.15) is 0 Å². The largest absolute Gasteiger partial charge is 0.260 e. The molecule has 5 heteroatoms. The second-order valence-corrected chi connectivity index (χ2v) is 5.41. The van der Waals surface area contributed by atoms with Gasteiger partial charge in [-0.15, -0.1) is 0 Å². The van der Waals surface area contributed by atoms with Crippen molar-refractivity contribution in [3.63, 3.8) is 0 Å². The van der Waals surface area contributed by atoms with E-state index in [1.54, 1.807) is 13.1 Å². The summed E-state index contributed by atoms with van der Waals surface area (Å²) in [7, 11) is -3.12.